The third-order valence-corrected chi connectivity index (χ3v) is 4.22. The molecule has 0 aliphatic heterocycles. The molecular weight excluding hydrogens is 374 g/mol. The third-order valence-electron chi connectivity index (χ3n) is 4.01. The molecule has 0 radical (unpaired) electrons. The zero-order valence-corrected chi connectivity index (χ0v) is 15.1. The largest absolute Gasteiger partial charge is 0.628 e. The minimum absolute atomic E-state index is 0.00724. The van der Waals surface area contributed by atoms with Crippen LogP contribution in [0, 0.1) is 10.4 Å². The van der Waals surface area contributed by atoms with Gasteiger partial charge in [-0.25, -0.2) is 0 Å². The van der Waals surface area contributed by atoms with Crippen molar-refractivity contribution in [3.63, 3.8) is 0 Å². The van der Waals surface area contributed by atoms with Crippen molar-refractivity contribution in [1.82, 2.24) is 4.98 Å². The smallest absolute Gasteiger partial charge is 0.202 e. The molecule has 0 fully saturated rings. The lowest BCUT2D eigenvalue weighted by Gasteiger charge is -2.26. The summed E-state index contributed by atoms with van der Waals surface area (Å²) >= 11 is 5.91. The number of hydrogen-bond acceptors (Lipinski definition) is 6. The maximum absolute atomic E-state index is 12.8. The molecule has 0 saturated heterocycles. The molecular formula is C18H15ClN3O5-. The number of rotatable bonds is 5. The van der Waals surface area contributed by atoms with E-state index in [9.17, 15) is 20.0 Å². The van der Waals surface area contributed by atoms with Crippen LogP contribution < -0.4 is 20.7 Å². The van der Waals surface area contributed by atoms with Gasteiger partial charge in [0.05, 0.1) is 12.5 Å². The Labute approximate surface area is 158 Å². The lowest BCUT2D eigenvalue weighted by atomic mass is 10.1. The predicted octanol–water partition coefficient (Wildman–Crippen LogP) is 2.65. The van der Waals surface area contributed by atoms with Gasteiger partial charge in [0.1, 0.15) is 22.6 Å². The highest BCUT2D eigenvalue weighted by atomic mass is 35.5. The number of carbonyl (C=O) groups excluding carboxylic acids is 1. The zero-order valence-electron chi connectivity index (χ0n) is 14.4. The van der Waals surface area contributed by atoms with E-state index >= 15 is 0 Å². The van der Waals surface area contributed by atoms with Crippen LogP contribution in [-0.2, 0) is 0 Å². The Morgan fingerprint density at radius 3 is 2.44 bits per heavy atom. The molecule has 3 rings (SSSR count). The lowest BCUT2D eigenvalue weighted by molar-refractivity contribution is -0.714. The molecule has 0 saturated carbocycles. The van der Waals surface area contributed by atoms with E-state index in [1.165, 1.54) is 26.2 Å². The van der Waals surface area contributed by atoms with Crippen LogP contribution in [-0.4, -0.2) is 17.9 Å². The summed E-state index contributed by atoms with van der Waals surface area (Å²) in [6.45, 7) is 1.25. The number of halogens is 1. The number of ketones is 1. The fourth-order valence-corrected chi connectivity index (χ4v) is 2.98. The highest BCUT2D eigenvalue weighted by Gasteiger charge is 2.19. The highest BCUT2D eigenvalue weighted by Crippen LogP contribution is 2.27. The molecule has 0 unspecified atom stereocenters. The molecule has 8 nitrogen and oxygen atoms in total. The van der Waals surface area contributed by atoms with Crippen LogP contribution in [0.15, 0.2) is 41.2 Å². The van der Waals surface area contributed by atoms with Gasteiger partial charge in [-0.1, -0.05) is 11.6 Å². The molecule has 9 heteroatoms. The Hall–Kier alpha value is -2.91. The Bertz CT molecular complexity index is 1080. The monoisotopic (exact) mass is 388 g/mol. The Balaban J connectivity index is 2.25. The standard InChI is InChI=1S/C18H15ClN3O5/c1-9(23)15-17(24)13-7-10(19)8-14(22(25)26)16(13)21-18(15)20-11-3-5-12(27-2)6-4-11/h3-8,22H,1-2H3,(H2,20,21,24)/q-1. The van der Waals surface area contributed by atoms with Gasteiger partial charge in [-0.15, -0.1) is 0 Å². The second-order valence-electron chi connectivity index (χ2n) is 5.78. The first kappa shape index (κ1) is 18.9. The van der Waals surface area contributed by atoms with E-state index in [4.69, 9.17) is 16.3 Å². The van der Waals surface area contributed by atoms with E-state index in [0.29, 0.717) is 11.4 Å². The quantitative estimate of drug-likeness (QED) is 0.456. The molecule has 0 amide bonds. The van der Waals surface area contributed by atoms with Crippen molar-refractivity contribution in [3.8, 4) is 5.75 Å². The Kier molecular flexibility index (Phi) is 5.15. The normalized spacial score (nSPS) is 11.0. The number of Topliss-reactive ketones (excluding diaryl/α,β-unsaturated/α-hetero) is 1. The number of hydrogen-bond donors (Lipinski definition) is 3. The average Bonchev–Trinajstić information content (AvgIpc) is 2.62. The number of aromatic amines is 1. The molecule has 3 N–H and O–H groups in total. The van der Waals surface area contributed by atoms with Crippen molar-refractivity contribution in [1.29, 1.82) is 0 Å². The molecule has 0 atom stereocenters. The molecule has 0 aliphatic rings. The van der Waals surface area contributed by atoms with Gasteiger partial charge in [0, 0.05) is 16.8 Å². The molecule has 2 aromatic carbocycles. The summed E-state index contributed by atoms with van der Waals surface area (Å²) in [5, 5.41) is 24.4. The summed E-state index contributed by atoms with van der Waals surface area (Å²) in [5.41, 5.74) is -0.452. The number of ether oxygens (including phenoxy) is 1. The summed E-state index contributed by atoms with van der Waals surface area (Å²) in [6, 6.07) is 9.26. The van der Waals surface area contributed by atoms with Crippen LogP contribution in [0.5, 0.6) is 5.75 Å². The average molecular weight is 389 g/mol. The molecule has 0 aliphatic carbocycles. The van der Waals surface area contributed by atoms with E-state index in [-0.39, 0.29) is 33.0 Å². The molecule has 0 bridgehead atoms. The van der Waals surface area contributed by atoms with Crippen molar-refractivity contribution in [2.45, 2.75) is 6.92 Å². The topological polar surface area (TPSA) is 122 Å². The van der Waals surface area contributed by atoms with Gasteiger partial charge >= 0.3 is 0 Å². The van der Waals surface area contributed by atoms with Crippen LogP contribution in [0.2, 0.25) is 5.02 Å². The summed E-state index contributed by atoms with van der Waals surface area (Å²) < 4.78 is 5.09. The van der Waals surface area contributed by atoms with E-state index in [1.807, 2.05) is 0 Å². The van der Waals surface area contributed by atoms with Crippen LogP contribution in [0.3, 0.4) is 0 Å². The van der Waals surface area contributed by atoms with E-state index in [1.54, 1.807) is 24.3 Å². The molecule has 140 valence electrons. The van der Waals surface area contributed by atoms with Crippen LogP contribution in [0.1, 0.15) is 17.3 Å². The summed E-state index contributed by atoms with van der Waals surface area (Å²) in [6.07, 6.45) is 0. The van der Waals surface area contributed by atoms with Crippen LogP contribution in [0.25, 0.3) is 10.9 Å². The fourth-order valence-electron chi connectivity index (χ4n) is 2.77. The number of fused-ring (bicyclic) bond motifs is 1. The minimum Gasteiger partial charge on any atom is -0.628 e. The number of anilines is 2. The van der Waals surface area contributed by atoms with Gasteiger partial charge in [-0.05, 0) is 37.3 Å². The number of quaternary nitrogens is 1. The second kappa shape index (κ2) is 7.37. The van der Waals surface area contributed by atoms with Crippen molar-refractivity contribution in [3.05, 3.63) is 67.6 Å². The lowest BCUT2D eigenvalue weighted by Crippen LogP contribution is -2.96. The Morgan fingerprint density at radius 2 is 1.89 bits per heavy atom. The van der Waals surface area contributed by atoms with Gasteiger partial charge in [-0.3, -0.25) is 9.59 Å². The van der Waals surface area contributed by atoms with Crippen molar-refractivity contribution >= 4 is 45.5 Å². The van der Waals surface area contributed by atoms with Gasteiger partial charge in [0.2, 0.25) is 5.43 Å². The maximum Gasteiger partial charge on any atom is 0.202 e. The SMILES string of the molecule is COc1ccc(Nc2[nH]c3c([NH+]([O-])[O-])cc(Cl)cc3c(=O)c2C(C)=O)cc1. The van der Waals surface area contributed by atoms with E-state index in [0.717, 1.165) is 0 Å². The summed E-state index contributed by atoms with van der Waals surface area (Å²) in [5.74, 6) is 0.229. The maximum atomic E-state index is 12.8. The predicted molar refractivity (Wildman–Crippen MR) is 103 cm³/mol. The van der Waals surface area contributed by atoms with Gasteiger partial charge in [0.25, 0.3) is 0 Å². The number of benzene rings is 2. The molecule has 0 spiro atoms. The number of nitrogens with one attached hydrogen (secondary N) is 3. The van der Waals surface area contributed by atoms with Gasteiger partial charge < -0.3 is 30.7 Å². The first-order valence-electron chi connectivity index (χ1n) is 7.84. The van der Waals surface area contributed by atoms with Crippen molar-refractivity contribution in [2.75, 3.05) is 12.4 Å². The number of aromatic nitrogens is 1. The zero-order chi connectivity index (χ0) is 19.7. The first-order valence-corrected chi connectivity index (χ1v) is 8.22. The second-order valence-corrected chi connectivity index (χ2v) is 6.21. The van der Waals surface area contributed by atoms with E-state index < -0.39 is 16.4 Å². The number of H-pyrrole nitrogens is 1. The fraction of sp³-hybridized carbons (Fsp3) is 0.111. The molecule has 3 aromatic rings. The third kappa shape index (κ3) is 3.64. The van der Waals surface area contributed by atoms with Crippen LogP contribution in [0.4, 0.5) is 17.2 Å². The minimum atomic E-state index is -1.50. The van der Waals surface area contributed by atoms with Gasteiger partial charge in [-0.2, -0.15) is 0 Å². The number of methoxy groups -OCH3 is 1. The molecule has 27 heavy (non-hydrogen) atoms. The van der Waals surface area contributed by atoms with Crippen LogP contribution >= 0.6 is 11.6 Å². The molecule has 1 heterocycles. The van der Waals surface area contributed by atoms with Crippen molar-refractivity contribution in [2.24, 2.45) is 0 Å². The van der Waals surface area contributed by atoms with Crippen molar-refractivity contribution < 1.29 is 14.8 Å². The van der Waals surface area contributed by atoms with E-state index in [2.05, 4.69) is 10.3 Å². The molecule has 1 aromatic heterocycles. The summed E-state index contributed by atoms with van der Waals surface area (Å²) in [7, 11) is 1.53. The first-order chi connectivity index (χ1) is 12.8. The highest BCUT2D eigenvalue weighted by molar-refractivity contribution is 6.31. The van der Waals surface area contributed by atoms with Gasteiger partial charge in [0.15, 0.2) is 11.5 Å². The number of pyridine rings is 1. The Morgan fingerprint density at radius 1 is 1.22 bits per heavy atom. The number of carbonyl (C=O) groups is 1. The summed E-state index contributed by atoms with van der Waals surface area (Å²) in [4.78, 5) is 27.7.